The van der Waals surface area contributed by atoms with E-state index in [4.69, 9.17) is 21.1 Å². The molecule has 0 bridgehead atoms. The van der Waals surface area contributed by atoms with Crippen molar-refractivity contribution in [1.82, 2.24) is 5.32 Å². The summed E-state index contributed by atoms with van der Waals surface area (Å²) in [5.74, 6) is -0.814. The predicted molar refractivity (Wildman–Crippen MR) is 96.4 cm³/mol. The molecule has 0 heterocycles. The summed E-state index contributed by atoms with van der Waals surface area (Å²) in [5.41, 5.74) is 1.37. The quantitative estimate of drug-likeness (QED) is 0.537. The average molecular weight is 376 g/mol. The lowest BCUT2D eigenvalue weighted by atomic mass is 10.1. The van der Waals surface area contributed by atoms with E-state index in [0.717, 1.165) is 5.56 Å². The van der Waals surface area contributed by atoms with E-state index >= 15 is 0 Å². The summed E-state index contributed by atoms with van der Waals surface area (Å²) in [6.45, 7) is -0.359. The van der Waals surface area contributed by atoms with E-state index < -0.39 is 18.5 Å². The predicted octanol–water partition coefficient (Wildman–Crippen LogP) is 2.43. The zero-order valence-corrected chi connectivity index (χ0v) is 14.7. The SMILES string of the molecule is O=Cc1ccccc1OCC(=O)OCC(=O)NCCc1ccc(Cl)cc1. The number of rotatable bonds is 9. The third kappa shape index (κ3) is 6.57. The third-order valence-electron chi connectivity index (χ3n) is 3.40. The molecule has 1 N–H and O–H groups in total. The van der Waals surface area contributed by atoms with Crippen molar-refractivity contribution in [3.8, 4) is 5.75 Å². The van der Waals surface area contributed by atoms with Gasteiger partial charge in [-0.2, -0.15) is 0 Å². The second-order valence-corrected chi connectivity index (χ2v) is 5.77. The van der Waals surface area contributed by atoms with E-state index in [0.29, 0.717) is 29.8 Å². The van der Waals surface area contributed by atoms with Crippen LogP contribution in [-0.4, -0.2) is 37.9 Å². The van der Waals surface area contributed by atoms with Crippen molar-refractivity contribution in [2.45, 2.75) is 6.42 Å². The number of benzene rings is 2. The van der Waals surface area contributed by atoms with Crippen LogP contribution in [0.3, 0.4) is 0 Å². The Hall–Kier alpha value is -2.86. The second kappa shape index (κ2) is 10.2. The number of carbonyl (C=O) groups excluding carboxylic acids is 3. The summed E-state index contributed by atoms with van der Waals surface area (Å²) in [6, 6.07) is 13.8. The van der Waals surface area contributed by atoms with Gasteiger partial charge in [0.15, 0.2) is 19.5 Å². The number of amides is 1. The van der Waals surface area contributed by atoms with E-state index in [1.807, 2.05) is 12.1 Å². The molecule has 2 rings (SSSR count). The Morgan fingerprint density at radius 1 is 1.04 bits per heavy atom. The fraction of sp³-hybridized carbons (Fsp3) is 0.211. The average Bonchev–Trinajstić information content (AvgIpc) is 2.66. The highest BCUT2D eigenvalue weighted by molar-refractivity contribution is 6.30. The van der Waals surface area contributed by atoms with Crippen molar-refractivity contribution in [1.29, 1.82) is 0 Å². The number of carbonyl (C=O) groups is 3. The van der Waals surface area contributed by atoms with Gasteiger partial charge in [-0.25, -0.2) is 4.79 Å². The largest absolute Gasteiger partial charge is 0.481 e. The highest BCUT2D eigenvalue weighted by Crippen LogP contribution is 2.15. The van der Waals surface area contributed by atoms with Gasteiger partial charge in [0.1, 0.15) is 5.75 Å². The van der Waals surface area contributed by atoms with Gasteiger partial charge in [0.2, 0.25) is 0 Å². The van der Waals surface area contributed by atoms with E-state index in [-0.39, 0.29) is 12.4 Å². The highest BCUT2D eigenvalue weighted by Gasteiger charge is 2.10. The van der Waals surface area contributed by atoms with Gasteiger partial charge in [-0.3, -0.25) is 9.59 Å². The Morgan fingerprint density at radius 2 is 1.77 bits per heavy atom. The van der Waals surface area contributed by atoms with Crippen molar-refractivity contribution >= 4 is 29.8 Å². The van der Waals surface area contributed by atoms with Crippen molar-refractivity contribution in [3.05, 3.63) is 64.7 Å². The van der Waals surface area contributed by atoms with Crippen LogP contribution in [0.5, 0.6) is 5.75 Å². The molecular weight excluding hydrogens is 358 g/mol. The fourth-order valence-corrected chi connectivity index (χ4v) is 2.21. The zero-order valence-electron chi connectivity index (χ0n) is 13.9. The molecule has 0 aliphatic heterocycles. The molecule has 0 aliphatic rings. The molecular formula is C19H18ClNO5. The van der Waals surface area contributed by atoms with Crippen molar-refractivity contribution in [2.24, 2.45) is 0 Å². The van der Waals surface area contributed by atoms with Crippen LogP contribution in [0.4, 0.5) is 0 Å². The number of hydrogen-bond acceptors (Lipinski definition) is 5. The van der Waals surface area contributed by atoms with Gasteiger partial charge in [0.05, 0.1) is 5.56 Å². The molecule has 7 heteroatoms. The van der Waals surface area contributed by atoms with Crippen LogP contribution >= 0.6 is 11.6 Å². The van der Waals surface area contributed by atoms with E-state index in [2.05, 4.69) is 5.32 Å². The van der Waals surface area contributed by atoms with Crippen molar-refractivity contribution in [2.75, 3.05) is 19.8 Å². The summed E-state index contributed by atoms with van der Waals surface area (Å²) in [5, 5.41) is 3.31. The Morgan fingerprint density at radius 3 is 2.50 bits per heavy atom. The summed E-state index contributed by atoms with van der Waals surface area (Å²) in [4.78, 5) is 34.1. The van der Waals surface area contributed by atoms with Crippen LogP contribution in [0.25, 0.3) is 0 Å². The minimum absolute atomic E-state index is 0.284. The molecule has 26 heavy (non-hydrogen) atoms. The first-order chi connectivity index (χ1) is 12.6. The van der Waals surface area contributed by atoms with Gasteiger partial charge < -0.3 is 14.8 Å². The third-order valence-corrected chi connectivity index (χ3v) is 3.66. The van der Waals surface area contributed by atoms with Gasteiger partial charge in [-0.15, -0.1) is 0 Å². The molecule has 1 amide bonds. The van der Waals surface area contributed by atoms with Gasteiger partial charge >= 0.3 is 5.97 Å². The van der Waals surface area contributed by atoms with Crippen LogP contribution in [0.15, 0.2) is 48.5 Å². The smallest absolute Gasteiger partial charge is 0.344 e. The number of hydrogen-bond donors (Lipinski definition) is 1. The summed E-state index contributed by atoms with van der Waals surface area (Å²) in [6.07, 6.45) is 1.28. The van der Waals surface area contributed by atoms with Crippen molar-refractivity contribution < 1.29 is 23.9 Å². The number of nitrogens with one attached hydrogen (secondary N) is 1. The monoisotopic (exact) mass is 375 g/mol. The molecule has 0 fully saturated rings. The molecule has 6 nitrogen and oxygen atoms in total. The maximum Gasteiger partial charge on any atom is 0.344 e. The highest BCUT2D eigenvalue weighted by atomic mass is 35.5. The number of halogens is 1. The molecule has 0 saturated heterocycles. The summed E-state index contributed by atoms with van der Waals surface area (Å²) in [7, 11) is 0. The molecule has 0 atom stereocenters. The normalized spacial score (nSPS) is 10.0. The molecule has 0 saturated carbocycles. The molecule has 0 spiro atoms. The molecule has 0 aromatic heterocycles. The van der Waals surface area contributed by atoms with Crippen LogP contribution in [0, 0.1) is 0 Å². The first-order valence-corrected chi connectivity index (χ1v) is 8.30. The van der Waals surface area contributed by atoms with Crippen molar-refractivity contribution in [3.63, 3.8) is 0 Å². The Kier molecular flexibility index (Phi) is 7.64. The first-order valence-electron chi connectivity index (χ1n) is 7.92. The number of aldehydes is 1. The van der Waals surface area contributed by atoms with Crippen LogP contribution in [0.2, 0.25) is 5.02 Å². The minimum Gasteiger partial charge on any atom is -0.481 e. The lowest BCUT2D eigenvalue weighted by Gasteiger charge is -2.09. The maximum absolute atomic E-state index is 11.7. The molecule has 2 aromatic carbocycles. The van der Waals surface area contributed by atoms with Gasteiger partial charge in [0, 0.05) is 11.6 Å². The fourth-order valence-electron chi connectivity index (χ4n) is 2.08. The Balaban J connectivity index is 1.64. The van der Waals surface area contributed by atoms with Gasteiger partial charge in [-0.1, -0.05) is 35.9 Å². The number of esters is 1. The van der Waals surface area contributed by atoms with Gasteiger partial charge in [-0.05, 0) is 36.2 Å². The molecule has 136 valence electrons. The number of ether oxygens (including phenoxy) is 2. The first kappa shape index (κ1) is 19.5. The topological polar surface area (TPSA) is 81.7 Å². The lowest BCUT2D eigenvalue weighted by molar-refractivity contribution is -0.150. The van der Waals surface area contributed by atoms with E-state index in [1.165, 1.54) is 0 Å². The van der Waals surface area contributed by atoms with E-state index in [1.54, 1.807) is 36.4 Å². The van der Waals surface area contributed by atoms with Crippen LogP contribution < -0.4 is 10.1 Å². The second-order valence-electron chi connectivity index (χ2n) is 5.33. The van der Waals surface area contributed by atoms with E-state index in [9.17, 15) is 14.4 Å². The summed E-state index contributed by atoms with van der Waals surface area (Å²) >= 11 is 5.80. The minimum atomic E-state index is -0.696. The Labute approximate surface area is 156 Å². The lowest BCUT2D eigenvalue weighted by Crippen LogP contribution is -2.31. The van der Waals surface area contributed by atoms with Crippen LogP contribution in [-0.2, 0) is 20.7 Å². The molecule has 0 aliphatic carbocycles. The standard InChI is InChI=1S/C19H18ClNO5/c20-16-7-5-14(6-8-16)9-10-21-18(23)12-26-19(24)13-25-17-4-2-1-3-15(17)11-22/h1-8,11H,9-10,12-13H2,(H,21,23). The molecule has 0 radical (unpaired) electrons. The van der Waals surface area contributed by atoms with Crippen LogP contribution in [0.1, 0.15) is 15.9 Å². The molecule has 0 unspecified atom stereocenters. The summed E-state index contributed by atoms with van der Waals surface area (Å²) < 4.78 is 10.1. The number of para-hydroxylation sites is 1. The van der Waals surface area contributed by atoms with Gasteiger partial charge in [0.25, 0.3) is 5.91 Å². The Bertz CT molecular complexity index is 761. The molecule has 2 aromatic rings. The zero-order chi connectivity index (χ0) is 18.8. The maximum atomic E-state index is 11.7.